The number of nitrogens with one attached hydrogen (secondary N) is 2. The number of rotatable bonds is 7. The second-order valence-corrected chi connectivity index (χ2v) is 6.35. The number of carbonyl (C=O) groups excluding carboxylic acids is 1. The lowest BCUT2D eigenvalue weighted by atomic mass is 10.1. The molecule has 0 spiro atoms. The SMILES string of the molecule is COc1ccc(CCNC(=O)N[C@H](C)Cc2cc3ccccc3o2)cc1. The summed E-state index contributed by atoms with van der Waals surface area (Å²) in [7, 11) is 1.65. The Labute approximate surface area is 153 Å². The standard InChI is InChI=1S/C21H24N2O3/c1-15(13-19-14-17-5-3-4-6-20(17)26-19)23-21(24)22-12-11-16-7-9-18(25-2)10-8-16/h3-10,14-15H,11-13H2,1-2H3,(H2,22,23,24)/t15-/m1/s1. The van der Waals surface area contributed by atoms with Gasteiger partial charge in [-0.2, -0.15) is 0 Å². The lowest BCUT2D eigenvalue weighted by Crippen LogP contribution is -2.42. The molecule has 0 aliphatic carbocycles. The molecule has 136 valence electrons. The van der Waals surface area contributed by atoms with E-state index in [-0.39, 0.29) is 12.1 Å². The van der Waals surface area contributed by atoms with Crippen molar-refractivity contribution < 1.29 is 13.9 Å². The van der Waals surface area contributed by atoms with Crippen LogP contribution in [0.1, 0.15) is 18.2 Å². The minimum atomic E-state index is -0.165. The Morgan fingerprint density at radius 3 is 2.65 bits per heavy atom. The maximum Gasteiger partial charge on any atom is 0.315 e. The zero-order valence-electron chi connectivity index (χ0n) is 15.1. The molecule has 0 unspecified atom stereocenters. The molecule has 3 rings (SSSR count). The summed E-state index contributed by atoms with van der Waals surface area (Å²) in [6.45, 7) is 2.55. The van der Waals surface area contributed by atoms with E-state index >= 15 is 0 Å². The van der Waals surface area contributed by atoms with Gasteiger partial charge in [-0.3, -0.25) is 0 Å². The van der Waals surface area contributed by atoms with Gasteiger partial charge >= 0.3 is 6.03 Å². The van der Waals surface area contributed by atoms with Crippen molar-refractivity contribution in [1.29, 1.82) is 0 Å². The van der Waals surface area contributed by atoms with Crippen LogP contribution >= 0.6 is 0 Å². The molecule has 0 bridgehead atoms. The number of fused-ring (bicyclic) bond motifs is 1. The first-order valence-electron chi connectivity index (χ1n) is 8.79. The molecule has 0 saturated heterocycles. The lowest BCUT2D eigenvalue weighted by Gasteiger charge is -2.13. The molecule has 0 fully saturated rings. The summed E-state index contributed by atoms with van der Waals surface area (Å²) < 4.78 is 10.9. The second-order valence-electron chi connectivity index (χ2n) is 6.35. The highest BCUT2D eigenvalue weighted by molar-refractivity contribution is 5.77. The molecule has 1 atom stereocenters. The van der Waals surface area contributed by atoms with E-state index in [1.807, 2.05) is 61.5 Å². The highest BCUT2D eigenvalue weighted by atomic mass is 16.5. The third-order valence-corrected chi connectivity index (χ3v) is 4.22. The van der Waals surface area contributed by atoms with Crippen LogP contribution in [0.3, 0.4) is 0 Å². The molecule has 2 aromatic carbocycles. The Hall–Kier alpha value is -2.95. The topological polar surface area (TPSA) is 63.5 Å². The van der Waals surface area contributed by atoms with Crippen LogP contribution in [0, 0.1) is 0 Å². The Morgan fingerprint density at radius 1 is 1.15 bits per heavy atom. The zero-order valence-corrected chi connectivity index (χ0v) is 15.1. The molecule has 1 heterocycles. The average Bonchev–Trinajstić information content (AvgIpc) is 3.04. The minimum absolute atomic E-state index is 0.0171. The first kappa shape index (κ1) is 17.9. The first-order chi connectivity index (χ1) is 12.6. The van der Waals surface area contributed by atoms with Crippen LogP contribution in [0.25, 0.3) is 11.0 Å². The molecule has 1 aromatic heterocycles. The third kappa shape index (κ3) is 4.79. The molecule has 3 aromatic rings. The summed E-state index contributed by atoms with van der Waals surface area (Å²) in [5.74, 6) is 1.70. The van der Waals surface area contributed by atoms with E-state index in [0.717, 1.165) is 34.5 Å². The summed E-state index contributed by atoms with van der Waals surface area (Å²) in [5, 5.41) is 6.92. The van der Waals surface area contributed by atoms with Crippen molar-refractivity contribution in [1.82, 2.24) is 10.6 Å². The molecular weight excluding hydrogens is 328 g/mol. The van der Waals surface area contributed by atoms with Gasteiger partial charge in [0.15, 0.2) is 0 Å². The van der Waals surface area contributed by atoms with Crippen molar-refractivity contribution in [2.75, 3.05) is 13.7 Å². The molecule has 26 heavy (non-hydrogen) atoms. The molecule has 0 aliphatic rings. The lowest BCUT2D eigenvalue weighted by molar-refractivity contribution is 0.237. The minimum Gasteiger partial charge on any atom is -0.497 e. The number of urea groups is 1. The fourth-order valence-corrected chi connectivity index (χ4v) is 2.88. The van der Waals surface area contributed by atoms with E-state index in [0.29, 0.717) is 13.0 Å². The van der Waals surface area contributed by atoms with E-state index in [9.17, 15) is 4.79 Å². The Morgan fingerprint density at radius 2 is 1.92 bits per heavy atom. The van der Waals surface area contributed by atoms with Crippen LogP contribution in [0.5, 0.6) is 5.75 Å². The number of hydrogen-bond donors (Lipinski definition) is 2. The van der Waals surface area contributed by atoms with Gasteiger partial charge in [0, 0.05) is 24.4 Å². The van der Waals surface area contributed by atoms with Crippen LogP contribution in [-0.2, 0) is 12.8 Å². The third-order valence-electron chi connectivity index (χ3n) is 4.22. The van der Waals surface area contributed by atoms with Gasteiger partial charge in [-0.15, -0.1) is 0 Å². The fourth-order valence-electron chi connectivity index (χ4n) is 2.88. The van der Waals surface area contributed by atoms with Gasteiger partial charge < -0.3 is 19.8 Å². The van der Waals surface area contributed by atoms with Crippen molar-refractivity contribution in [3.05, 3.63) is 65.9 Å². The summed E-state index contributed by atoms with van der Waals surface area (Å²) in [6.07, 6.45) is 1.43. The maximum absolute atomic E-state index is 12.0. The van der Waals surface area contributed by atoms with Crippen LogP contribution < -0.4 is 15.4 Å². The number of carbonyl (C=O) groups is 1. The number of benzene rings is 2. The van der Waals surface area contributed by atoms with E-state index in [2.05, 4.69) is 10.6 Å². The van der Waals surface area contributed by atoms with Crippen molar-refractivity contribution in [2.24, 2.45) is 0 Å². The van der Waals surface area contributed by atoms with E-state index in [4.69, 9.17) is 9.15 Å². The van der Waals surface area contributed by atoms with Crippen molar-refractivity contribution in [3.8, 4) is 5.75 Å². The highest BCUT2D eigenvalue weighted by Crippen LogP contribution is 2.19. The Balaban J connectivity index is 1.42. The number of para-hydroxylation sites is 1. The van der Waals surface area contributed by atoms with Crippen LogP contribution in [-0.4, -0.2) is 25.7 Å². The predicted octanol–water partition coefficient (Wildman–Crippen LogP) is 3.91. The summed E-state index contributed by atoms with van der Waals surface area (Å²) >= 11 is 0. The number of methoxy groups -OCH3 is 1. The van der Waals surface area contributed by atoms with Gasteiger partial charge in [0.1, 0.15) is 17.1 Å². The van der Waals surface area contributed by atoms with Crippen LogP contribution in [0.4, 0.5) is 4.79 Å². The Bertz CT molecular complexity index is 822. The molecule has 2 N–H and O–H groups in total. The van der Waals surface area contributed by atoms with Gasteiger partial charge in [-0.1, -0.05) is 30.3 Å². The van der Waals surface area contributed by atoms with Crippen LogP contribution in [0.2, 0.25) is 0 Å². The fraction of sp³-hybridized carbons (Fsp3) is 0.286. The average molecular weight is 352 g/mol. The summed E-state index contributed by atoms with van der Waals surface area (Å²) in [6, 6.07) is 17.6. The molecule has 0 saturated carbocycles. The maximum atomic E-state index is 12.0. The number of hydrogen-bond acceptors (Lipinski definition) is 3. The molecule has 5 heteroatoms. The number of ether oxygens (including phenoxy) is 1. The number of furan rings is 1. The predicted molar refractivity (Wildman–Crippen MR) is 103 cm³/mol. The molecule has 5 nitrogen and oxygen atoms in total. The summed E-state index contributed by atoms with van der Waals surface area (Å²) in [4.78, 5) is 12.0. The first-order valence-corrected chi connectivity index (χ1v) is 8.79. The normalized spacial score (nSPS) is 11.9. The van der Waals surface area contributed by atoms with Gasteiger partial charge in [0.25, 0.3) is 0 Å². The zero-order chi connectivity index (χ0) is 18.4. The van der Waals surface area contributed by atoms with Gasteiger partial charge in [0.2, 0.25) is 0 Å². The monoisotopic (exact) mass is 352 g/mol. The van der Waals surface area contributed by atoms with Crippen molar-refractivity contribution in [2.45, 2.75) is 25.8 Å². The van der Waals surface area contributed by atoms with E-state index < -0.39 is 0 Å². The largest absolute Gasteiger partial charge is 0.497 e. The van der Waals surface area contributed by atoms with E-state index in [1.54, 1.807) is 7.11 Å². The van der Waals surface area contributed by atoms with E-state index in [1.165, 1.54) is 0 Å². The second kappa shape index (κ2) is 8.43. The molecule has 2 amide bonds. The molecular formula is C21H24N2O3. The van der Waals surface area contributed by atoms with Crippen molar-refractivity contribution in [3.63, 3.8) is 0 Å². The van der Waals surface area contributed by atoms with Gasteiger partial charge in [-0.25, -0.2) is 4.79 Å². The summed E-state index contributed by atoms with van der Waals surface area (Å²) in [5.41, 5.74) is 2.03. The Kier molecular flexibility index (Phi) is 5.79. The highest BCUT2D eigenvalue weighted by Gasteiger charge is 2.11. The van der Waals surface area contributed by atoms with Crippen molar-refractivity contribution >= 4 is 17.0 Å². The quantitative estimate of drug-likeness (QED) is 0.677. The molecule has 0 radical (unpaired) electrons. The smallest absolute Gasteiger partial charge is 0.315 e. The van der Waals surface area contributed by atoms with Gasteiger partial charge in [0.05, 0.1) is 7.11 Å². The van der Waals surface area contributed by atoms with Gasteiger partial charge in [-0.05, 0) is 43.2 Å². The molecule has 0 aliphatic heterocycles. The number of amides is 2. The van der Waals surface area contributed by atoms with Crippen LogP contribution in [0.15, 0.2) is 59.0 Å².